The molecular formula is C22H33IN4O2S. The number of rotatable bonds is 7. The third-order valence-corrected chi connectivity index (χ3v) is 6.59. The summed E-state index contributed by atoms with van der Waals surface area (Å²) < 4.78 is 11.0. The zero-order chi connectivity index (χ0) is 20.7. The highest BCUT2D eigenvalue weighted by atomic mass is 127. The fourth-order valence-corrected chi connectivity index (χ4v) is 4.48. The van der Waals surface area contributed by atoms with Crippen LogP contribution >= 0.6 is 35.3 Å². The predicted molar refractivity (Wildman–Crippen MR) is 135 cm³/mol. The second kappa shape index (κ2) is 11.9. The Kier molecular flexibility index (Phi) is 9.83. The number of methoxy groups -OCH3 is 1. The lowest BCUT2D eigenvalue weighted by atomic mass is 9.74. The smallest absolute Gasteiger partial charge is 0.191 e. The molecule has 166 valence electrons. The zero-order valence-electron chi connectivity index (χ0n) is 18.3. The summed E-state index contributed by atoms with van der Waals surface area (Å²) in [6.45, 7) is 10.0. The van der Waals surface area contributed by atoms with Crippen LogP contribution in [-0.2, 0) is 16.7 Å². The van der Waals surface area contributed by atoms with Crippen LogP contribution in [0.1, 0.15) is 40.9 Å². The minimum Gasteiger partial charge on any atom is -0.497 e. The van der Waals surface area contributed by atoms with Crippen molar-refractivity contribution in [3.05, 3.63) is 45.4 Å². The first-order valence-electron chi connectivity index (χ1n) is 10.2. The van der Waals surface area contributed by atoms with Gasteiger partial charge >= 0.3 is 0 Å². The Bertz CT molecular complexity index is 798. The molecule has 0 atom stereocenters. The standard InChI is InChI=1S/C22H32N4O2S.HI/c1-5-23-21(24-14-20-26-16(2)17(3)29-20)25-15-22(10-12-28-13-11-22)18-6-8-19(27-4)9-7-18;/h6-9H,5,10-15H2,1-4H3,(H2,23,24,25);1H. The van der Waals surface area contributed by atoms with E-state index in [1.807, 2.05) is 19.1 Å². The maximum absolute atomic E-state index is 5.66. The summed E-state index contributed by atoms with van der Waals surface area (Å²) in [7, 11) is 1.70. The Hall–Kier alpha value is -1.39. The van der Waals surface area contributed by atoms with E-state index in [0.29, 0.717) is 6.54 Å². The molecule has 0 aliphatic carbocycles. The molecule has 1 saturated heterocycles. The lowest BCUT2D eigenvalue weighted by Crippen LogP contribution is -2.48. The predicted octanol–water partition coefficient (Wildman–Crippen LogP) is 4.19. The van der Waals surface area contributed by atoms with Crippen molar-refractivity contribution in [2.24, 2.45) is 4.99 Å². The molecule has 2 heterocycles. The molecule has 2 aromatic rings. The molecule has 1 fully saturated rings. The Labute approximate surface area is 200 Å². The highest BCUT2D eigenvalue weighted by Gasteiger charge is 2.34. The summed E-state index contributed by atoms with van der Waals surface area (Å²) >= 11 is 1.72. The van der Waals surface area contributed by atoms with Crippen LogP contribution in [0.3, 0.4) is 0 Å². The van der Waals surface area contributed by atoms with Crippen molar-refractivity contribution >= 4 is 41.3 Å². The van der Waals surface area contributed by atoms with Crippen molar-refractivity contribution in [2.45, 2.75) is 45.6 Å². The summed E-state index contributed by atoms with van der Waals surface area (Å²) in [5.74, 6) is 1.71. The Morgan fingerprint density at radius 2 is 1.90 bits per heavy atom. The molecule has 1 aromatic carbocycles. The minimum absolute atomic E-state index is 0. The number of benzene rings is 1. The van der Waals surface area contributed by atoms with Gasteiger partial charge in [0.15, 0.2) is 5.96 Å². The van der Waals surface area contributed by atoms with Crippen LogP contribution in [-0.4, -0.2) is 44.4 Å². The molecule has 2 N–H and O–H groups in total. The van der Waals surface area contributed by atoms with Gasteiger partial charge in [-0.3, -0.25) is 0 Å². The van der Waals surface area contributed by atoms with Gasteiger partial charge in [-0.2, -0.15) is 0 Å². The van der Waals surface area contributed by atoms with Crippen LogP contribution < -0.4 is 15.4 Å². The Morgan fingerprint density at radius 1 is 1.20 bits per heavy atom. The van der Waals surface area contributed by atoms with Gasteiger partial charge in [0.2, 0.25) is 0 Å². The monoisotopic (exact) mass is 544 g/mol. The molecule has 6 nitrogen and oxygen atoms in total. The summed E-state index contributed by atoms with van der Waals surface area (Å²) in [5.41, 5.74) is 2.43. The van der Waals surface area contributed by atoms with E-state index in [9.17, 15) is 0 Å². The van der Waals surface area contributed by atoms with Crippen LogP contribution in [0.5, 0.6) is 5.75 Å². The molecule has 0 saturated carbocycles. The molecule has 30 heavy (non-hydrogen) atoms. The highest BCUT2D eigenvalue weighted by molar-refractivity contribution is 14.0. The molecule has 0 unspecified atom stereocenters. The number of ether oxygens (including phenoxy) is 2. The molecule has 0 radical (unpaired) electrons. The number of hydrogen-bond donors (Lipinski definition) is 2. The van der Waals surface area contributed by atoms with Crippen LogP contribution in [0.2, 0.25) is 0 Å². The second-order valence-electron chi connectivity index (χ2n) is 7.42. The van der Waals surface area contributed by atoms with Crippen molar-refractivity contribution in [1.29, 1.82) is 0 Å². The van der Waals surface area contributed by atoms with Crippen LogP contribution in [0.4, 0.5) is 0 Å². The fraction of sp³-hybridized carbons (Fsp3) is 0.545. The number of aliphatic imine (C=N–C) groups is 1. The van der Waals surface area contributed by atoms with E-state index in [4.69, 9.17) is 14.5 Å². The lowest BCUT2D eigenvalue weighted by molar-refractivity contribution is 0.0513. The highest BCUT2D eigenvalue weighted by Crippen LogP contribution is 2.35. The molecular weight excluding hydrogens is 511 g/mol. The lowest BCUT2D eigenvalue weighted by Gasteiger charge is -2.38. The molecule has 8 heteroatoms. The molecule has 0 bridgehead atoms. The number of halogens is 1. The number of aryl methyl sites for hydroxylation is 2. The second-order valence-corrected chi connectivity index (χ2v) is 8.71. The molecule has 1 aliphatic heterocycles. The van der Waals surface area contributed by atoms with E-state index >= 15 is 0 Å². The minimum atomic E-state index is 0. The number of nitrogens with one attached hydrogen (secondary N) is 2. The quantitative estimate of drug-likeness (QED) is 0.311. The van der Waals surface area contributed by atoms with Crippen molar-refractivity contribution in [3.63, 3.8) is 0 Å². The van der Waals surface area contributed by atoms with Crippen LogP contribution in [0, 0.1) is 13.8 Å². The van der Waals surface area contributed by atoms with E-state index in [2.05, 4.69) is 41.6 Å². The van der Waals surface area contributed by atoms with Crippen molar-refractivity contribution in [3.8, 4) is 5.75 Å². The summed E-state index contributed by atoms with van der Waals surface area (Å²) in [6, 6.07) is 8.44. The van der Waals surface area contributed by atoms with Gasteiger partial charge in [0, 0.05) is 36.6 Å². The van der Waals surface area contributed by atoms with Gasteiger partial charge in [0.25, 0.3) is 0 Å². The number of guanidine groups is 1. The number of thiazole rings is 1. The maximum Gasteiger partial charge on any atom is 0.191 e. The third-order valence-electron chi connectivity index (χ3n) is 5.54. The average molecular weight is 545 g/mol. The largest absolute Gasteiger partial charge is 0.497 e. The normalized spacial score (nSPS) is 15.9. The van der Waals surface area contributed by atoms with Crippen LogP contribution in [0.25, 0.3) is 0 Å². The first-order chi connectivity index (χ1) is 14.1. The topological polar surface area (TPSA) is 67.8 Å². The molecule has 0 spiro atoms. The van der Waals surface area contributed by atoms with Crippen molar-refractivity contribution in [1.82, 2.24) is 15.6 Å². The van der Waals surface area contributed by atoms with E-state index in [0.717, 1.165) is 61.6 Å². The Morgan fingerprint density at radius 3 is 2.47 bits per heavy atom. The first-order valence-corrected chi connectivity index (χ1v) is 11.1. The number of nitrogens with zero attached hydrogens (tertiary/aromatic N) is 2. The number of aromatic nitrogens is 1. The van der Waals surface area contributed by atoms with E-state index < -0.39 is 0 Å². The maximum atomic E-state index is 5.66. The molecule has 1 aromatic heterocycles. The SMILES string of the molecule is CCNC(=NCc1nc(C)c(C)s1)NCC1(c2ccc(OC)cc2)CCOCC1.I. The molecule has 1 aliphatic rings. The fourth-order valence-electron chi connectivity index (χ4n) is 3.62. The zero-order valence-corrected chi connectivity index (χ0v) is 21.4. The van der Waals surface area contributed by atoms with Gasteiger partial charge in [-0.05, 0) is 51.3 Å². The van der Waals surface area contributed by atoms with Gasteiger partial charge in [-0.15, -0.1) is 35.3 Å². The van der Waals surface area contributed by atoms with Crippen LogP contribution in [0.15, 0.2) is 29.3 Å². The van der Waals surface area contributed by atoms with Crippen molar-refractivity contribution in [2.75, 3.05) is 33.4 Å². The molecule has 3 rings (SSSR count). The van der Waals surface area contributed by atoms with Gasteiger partial charge in [0.1, 0.15) is 10.8 Å². The molecule has 0 amide bonds. The van der Waals surface area contributed by atoms with E-state index in [1.165, 1.54) is 10.4 Å². The van der Waals surface area contributed by atoms with Gasteiger partial charge < -0.3 is 20.1 Å². The Balaban J connectivity index is 0.00000320. The first kappa shape index (κ1) is 24.9. The van der Waals surface area contributed by atoms with Gasteiger partial charge in [-0.25, -0.2) is 9.98 Å². The van der Waals surface area contributed by atoms with Gasteiger partial charge in [-0.1, -0.05) is 12.1 Å². The van der Waals surface area contributed by atoms with Gasteiger partial charge in [0.05, 0.1) is 19.3 Å². The van der Waals surface area contributed by atoms with E-state index in [1.54, 1.807) is 18.4 Å². The average Bonchev–Trinajstić information content (AvgIpc) is 3.08. The summed E-state index contributed by atoms with van der Waals surface area (Å²) in [5, 5.41) is 7.99. The summed E-state index contributed by atoms with van der Waals surface area (Å²) in [4.78, 5) is 10.6. The van der Waals surface area contributed by atoms with E-state index in [-0.39, 0.29) is 29.4 Å². The summed E-state index contributed by atoms with van der Waals surface area (Å²) in [6.07, 6.45) is 1.97. The number of hydrogen-bond acceptors (Lipinski definition) is 5. The van der Waals surface area contributed by atoms with Crippen molar-refractivity contribution < 1.29 is 9.47 Å². The third kappa shape index (κ3) is 6.31.